The van der Waals surface area contributed by atoms with Crippen molar-refractivity contribution in [2.75, 3.05) is 11.9 Å². The molecule has 4 rings (SSSR count). The minimum absolute atomic E-state index is 0.113. The van der Waals surface area contributed by atoms with E-state index in [1.165, 1.54) is 12.1 Å². The van der Waals surface area contributed by atoms with E-state index in [2.05, 4.69) is 43.8 Å². The number of nitrogens with one attached hydrogen (secondary N) is 1. The van der Waals surface area contributed by atoms with Crippen LogP contribution in [0.1, 0.15) is 27.5 Å². The van der Waals surface area contributed by atoms with Crippen LogP contribution in [0.25, 0.3) is 0 Å². The summed E-state index contributed by atoms with van der Waals surface area (Å²) in [7, 11) is 0. The van der Waals surface area contributed by atoms with Crippen LogP contribution in [0.5, 0.6) is 0 Å². The van der Waals surface area contributed by atoms with Crippen LogP contribution in [0, 0.1) is 9.39 Å². The molecule has 1 aliphatic heterocycles. The minimum atomic E-state index is -0.550. The molecule has 0 bridgehead atoms. The molecule has 3 aromatic carbocycles. The summed E-state index contributed by atoms with van der Waals surface area (Å²) in [6.45, 7) is -0.113. The van der Waals surface area contributed by atoms with Crippen LogP contribution in [-0.4, -0.2) is 23.3 Å². The van der Waals surface area contributed by atoms with Crippen molar-refractivity contribution in [1.29, 1.82) is 0 Å². The van der Waals surface area contributed by atoms with E-state index in [1.54, 1.807) is 35.2 Å². The van der Waals surface area contributed by atoms with Gasteiger partial charge in [0.2, 0.25) is 5.91 Å². The highest BCUT2D eigenvalue weighted by molar-refractivity contribution is 14.1. The average molecular weight is 565 g/mol. The highest BCUT2D eigenvalue weighted by atomic mass is 127. The number of anilines is 1. The fourth-order valence-corrected chi connectivity index (χ4v) is 4.46. The van der Waals surface area contributed by atoms with Gasteiger partial charge in [0.15, 0.2) is 0 Å². The topological polar surface area (TPSA) is 49.4 Å². The fourth-order valence-electron chi connectivity index (χ4n) is 3.46. The van der Waals surface area contributed by atoms with Gasteiger partial charge in [-0.3, -0.25) is 9.59 Å². The normalized spacial score (nSPS) is 16.0. The van der Waals surface area contributed by atoms with Crippen molar-refractivity contribution in [3.05, 3.63) is 97.3 Å². The molecule has 1 N–H and O–H groups in total. The smallest absolute Gasteiger partial charge is 0.256 e. The van der Waals surface area contributed by atoms with E-state index in [0.29, 0.717) is 11.3 Å². The van der Waals surface area contributed by atoms with Crippen molar-refractivity contribution in [3.63, 3.8) is 0 Å². The second-order valence-corrected chi connectivity index (χ2v) is 8.72. The lowest BCUT2D eigenvalue weighted by Crippen LogP contribution is -2.39. The molecule has 1 atom stereocenters. The molecule has 1 heterocycles. The maximum Gasteiger partial charge on any atom is 0.256 e. The predicted octanol–water partition coefficient (Wildman–Crippen LogP) is 5.38. The Hall–Kier alpha value is -2.26. The third-order valence-electron chi connectivity index (χ3n) is 4.76. The Balaban J connectivity index is 1.91. The summed E-state index contributed by atoms with van der Waals surface area (Å²) in [4.78, 5) is 27.7. The lowest BCUT2D eigenvalue weighted by molar-refractivity contribution is -0.117. The Bertz CT molecular complexity index is 1100. The minimum Gasteiger partial charge on any atom is -0.324 e. The first-order valence-corrected chi connectivity index (χ1v) is 10.7. The molecule has 0 unspecified atom stereocenters. The molecular weight excluding hydrogens is 550 g/mol. The van der Waals surface area contributed by atoms with Crippen LogP contribution in [-0.2, 0) is 4.79 Å². The highest BCUT2D eigenvalue weighted by Crippen LogP contribution is 2.38. The summed E-state index contributed by atoms with van der Waals surface area (Å²) >= 11 is 5.59. The van der Waals surface area contributed by atoms with Gasteiger partial charge in [-0.05, 0) is 70.6 Å². The Morgan fingerprint density at radius 3 is 2.55 bits per heavy atom. The number of hydrogen-bond donors (Lipinski definition) is 1. The zero-order valence-corrected chi connectivity index (χ0v) is 18.8. The lowest BCUT2D eigenvalue weighted by atomic mass is 9.95. The Morgan fingerprint density at radius 2 is 1.83 bits per heavy atom. The summed E-state index contributed by atoms with van der Waals surface area (Å²) in [6, 6.07) is 18.2. The fraction of sp³-hybridized carbons (Fsp3) is 0.0909. The van der Waals surface area contributed by atoms with Gasteiger partial charge in [0.25, 0.3) is 5.91 Å². The molecular formula is C22H15BrFIN2O2. The standard InChI is InChI=1S/C22H15BrFIN2O2/c23-14-7-10-19-17(11-14)21(13-5-8-15(24)9-6-13)27(12-20(28)26-19)22(29)16-3-1-2-4-18(16)25/h1-11,21H,12H2,(H,26,28)/t21-/m1/s1. The number of amides is 2. The molecule has 0 radical (unpaired) electrons. The van der Waals surface area contributed by atoms with E-state index in [9.17, 15) is 14.0 Å². The number of benzene rings is 3. The van der Waals surface area contributed by atoms with E-state index in [4.69, 9.17) is 0 Å². The lowest BCUT2D eigenvalue weighted by Gasteiger charge is -2.31. The number of fused-ring (bicyclic) bond motifs is 1. The van der Waals surface area contributed by atoms with Gasteiger partial charge in [-0.25, -0.2) is 4.39 Å². The maximum absolute atomic E-state index is 13.6. The highest BCUT2D eigenvalue weighted by Gasteiger charge is 2.34. The number of halogens is 3. The van der Waals surface area contributed by atoms with Crippen molar-refractivity contribution >= 4 is 56.0 Å². The van der Waals surface area contributed by atoms with Gasteiger partial charge in [-0.2, -0.15) is 0 Å². The monoisotopic (exact) mass is 564 g/mol. The van der Waals surface area contributed by atoms with Crippen molar-refractivity contribution in [2.24, 2.45) is 0 Å². The number of nitrogens with zero attached hydrogens (tertiary/aromatic N) is 1. The van der Waals surface area contributed by atoms with Gasteiger partial charge >= 0.3 is 0 Å². The van der Waals surface area contributed by atoms with Crippen LogP contribution in [0.2, 0.25) is 0 Å². The zero-order valence-electron chi connectivity index (χ0n) is 15.0. The van der Waals surface area contributed by atoms with Crippen molar-refractivity contribution in [3.8, 4) is 0 Å². The van der Waals surface area contributed by atoms with Gasteiger partial charge in [0.05, 0.1) is 11.6 Å². The molecule has 1 aliphatic rings. The molecule has 146 valence electrons. The van der Waals surface area contributed by atoms with Gasteiger partial charge in [0, 0.05) is 19.3 Å². The molecule has 29 heavy (non-hydrogen) atoms. The van der Waals surface area contributed by atoms with E-state index in [1.807, 2.05) is 24.3 Å². The second-order valence-electron chi connectivity index (χ2n) is 6.65. The molecule has 2 amide bonds. The number of carbonyl (C=O) groups excluding carboxylic acids is 2. The van der Waals surface area contributed by atoms with E-state index < -0.39 is 6.04 Å². The Kier molecular flexibility index (Phi) is 5.69. The predicted molar refractivity (Wildman–Crippen MR) is 121 cm³/mol. The molecule has 4 nitrogen and oxygen atoms in total. The van der Waals surface area contributed by atoms with E-state index in [0.717, 1.165) is 19.2 Å². The molecule has 0 saturated heterocycles. The number of carbonyl (C=O) groups is 2. The largest absolute Gasteiger partial charge is 0.324 e. The first kappa shape index (κ1) is 20.0. The SMILES string of the molecule is O=C1CN(C(=O)c2ccccc2I)[C@H](c2ccc(F)cc2)c2cc(Br)ccc2N1. The zero-order chi connectivity index (χ0) is 20.5. The molecule has 7 heteroatoms. The summed E-state index contributed by atoms with van der Waals surface area (Å²) in [5.41, 5.74) is 2.63. The van der Waals surface area contributed by atoms with Gasteiger partial charge in [-0.15, -0.1) is 0 Å². The average Bonchev–Trinajstić information content (AvgIpc) is 2.84. The van der Waals surface area contributed by atoms with Gasteiger partial charge < -0.3 is 10.2 Å². The van der Waals surface area contributed by atoms with Gasteiger partial charge in [-0.1, -0.05) is 40.2 Å². The molecule has 0 saturated carbocycles. The third kappa shape index (κ3) is 4.06. The van der Waals surface area contributed by atoms with Crippen LogP contribution >= 0.6 is 38.5 Å². The van der Waals surface area contributed by atoms with Crippen LogP contribution in [0.4, 0.5) is 10.1 Å². The van der Waals surface area contributed by atoms with Gasteiger partial charge in [0.1, 0.15) is 12.4 Å². The van der Waals surface area contributed by atoms with Crippen LogP contribution in [0.3, 0.4) is 0 Å². The van der Waals surface area contributed by atoms with Crippen LogP contribution < -0.4 is 5.32 Å². The molecule has 3 aromatic rings. The second kappa shape index (κ2) is 8.23. The summed E-state index contributed by atoms with van der Waals surface area (Å²) < 4.78 is 15.2. The first-order chi connectivity index (χ1) is 13.9. The van der Waals surface area contributed by atoms with Crippen molar-refractivity contribution in [1.82, 2.24) is 4.90 Å². The quantitative estimate of drug-likeness (QED) is 0.425. The Morgan fingerprint density at radius 1 is 1.10 bits per heavy atom. The third-order valence-corrected chi connectivity index (χ3v) is 6.19. The molecule has 0 aromatic heterocycles. The summed E-state index contributed by atoms with van der Waals surface area (Å²) in [6.07, 6.45) is 0. The van der Waals surface area contributed by atoms with Crippen LogP contribution in [0.15, 0.2) is 71.2 Å². The molecule has 0 spiro atoms. The van der Waals surface area contributed by atoms with E-state index in [-0.39, 0.29) is 24.2 Å². The van der Waals surface area contributed by atoms with Crippen molar-refractivity contribution < 1.29 is 14.0 Å². The summed E-state index contributed by atoms with van der Waals surface area (Å²) in [5, 5.41) is 2.88. The van der Waals surface area contributed by atoms with Crippen molar-refractivity contribution in [2.45, 2.75) is 6.04 Å². The molecule has 0 fully saturated rings. The first-order valence-electron chi connectivity index (χ1n) is 8.84. The number of rotatable bonds is 2. The summed E-state index contributed by atoms with van der Waals surface area (Å²) in [5.74, 6) is -0.897. The molecule has 0 aliphatic carbocycles. The Labute approximate surface area is 189 Å². The maximum atomic E-state index is 13.6. The van der Waals surface area contributed by atoms with E-state index >= 15 is 0 Å². The number of hydrogen-bond acceptors (Lipinski definition) is 2.